The molecule has 10 heteroatoms. The predicted molar refractivity (Wildman–Crippen MR) is 206 cm³/mol. The van der Waals surface area contributed by atoms with Crippen LogP contribution in [0.2, 0.25) is 15.1 Å². The van der Waals surface area contributed by atoms with E-state index in [1.54, 1.807) is 36.4 Å². The standard InChI is InChI=1S/C42H32Cl3N3O4/c43-29-13-12-28(36(44)21-29)24-52-38-14-11-25(20-37(38)45)19-35-40(49)46-42(51)48(41(35)50)30-22-33-31(26-7-3-1-4-8-26)15-17-47-18-16-32(34(23-30)39(33)47)27-9-5-2-6-10-27/h1-14,19-23,31-32H,15-18,24H2,(H,46,49,51)/b35-19+/t31-,32+. The highest BCUT2D eigenvalue weighted by atomic mass is 35.5. The van der Waals surface area contributed by atoms with Crippen molar-refractivity contribution in [3.63, 3.8) is 0 Å². The zero-order valence-electron chi connectivity index (χ0n) is 27.8. The first-order valence-electron chi connectivity index (χ1n) is 17.1. The first-order chi connectivity index (χ1) is 25.2. The third kappa shape index (κ3) is 6.45. The number of nitrogens with one attached hydrogen (secondary N) is 1. The smallest absolute Gasteiger partial charge is 0.335 e. The van der Waals surface area contributed by atoms with Gasteiger partial charge in [-0.2, -0.15) is 0 Å². The summed E-state index contributed by atoms with van der Waals surface area (Å²) in [6.07, 6.45) is 3.23. The van der Waals surface area contributed by atoms with Crippen molar-refractivity contribution in [2.75, 3.05) is 22.9 Å². The zero-order valence-corrected chi connectivity index (χ0v) is 30.1. The van der Waals surface area contributed by atoms with Crippen LogP contribution in [-0.2, 0) is 16.2 Å². The quantitative estimate of drug-likeness (QED) is 0.133. The van der Waals surface area contributed by atoms with Crippen molar-refractivity contribution >= 4 is 70.1 Å². The monoisotopic (exact) mass is 747 g/mol. The number of imide groups is 2. The maximum absolute atomic E-state index is 14.3. The Morgan fingerprint density at radius 2 is 1.37 bits per heavy atom. The molecule has 0 bridgehead atoms. The topological polar surface area (TPSA) is 79.0 Å². The Morgan fingerprint density at radius 3 is 1.96 bits per heavy atom. The molecule has 0 aromatic heterocycles. The second kappa shape index (κ2) is 14.2. The average Bonchev–Trinajstić information content (AvgIpc) is 3.14. The molecule has 1 saturated heterocycles. The molecule has 3 aliphatic rings. The van der Waals surface area contributed by atoms with Crippen molar-refractivity contribution in [1.29, 1.82) is 0 Å². The van der Waals surface area contributed by atoms with E-state index in [1.165, 1.54) is 17.2 Å². The second-order valence-corrected chi connectivity index (χ2v) is 14.4. The minimum Gasteiger partial charge on any atom is -0.487 e. The summed E-state index contributed by atoms with van der Waals surface area (Å²) in [7, 11) is 0. The molecule has 0 saturated carbocycles. The van der Waals surface area contributed by atoms with Gasteiger partial charge in [0, 0.05) is 46.2 Å². The Kier molecular flexibility index (Phi) is 9.26. The van der Waals surface area contributed by atoms with Crippen molar-refractivity contribution in [3.05, 3.63) is 163 Å². The number of hydrogen-bond donors (Lipinski definition) is 1. The molecule has 260 valence electrons. The van der Waals surface area contributed by atoms with E-state index >= 15 is 0 Å². The van der Waals surface area contributed by atoms with Gasteiger partial charge >= 0.3 is 6.03 Å². The van der Waals surface area contributed by atoms with Gasteiger partial charge in [0.05, 0.1) is 10.7 Å². The summed E-state index contributed by atoms with van der Waals surface area (Å²) in [5.41, 5.74) is 7.09. The van der Waals surface area contributed by atoms with Gasteiger partial charge in [-0.05, 0) is 83.1 Å². The van der Waals surface area contributed by atoms with Gasteiger partial charge in [0.1, 0.15) is 17.9 Å². The lowest BCUT2D eigenvalue weighted by Crippen LogP contribution is -2.54. The Hall–Kier alpha value is -5.08. The van der Waals surface area contributed by atoms with Crippen molar-refractivity contribution in [3.8, 4) is 5.75 Å². The van der Waals surface area contributed by atoms with Crippen LogP contribution < -0.4 is 19.9 Å². The fourth-order valence-corrected chi connectivity index (χ4v) is 8.25. The summed E-state index contributed by atoms with van der Waals surface area (Å²) in [6.45, 7) is 1.98. The van der Waals surface area contributed by atoms with E-state index in [4.69, 9.17) is 39.5 Å². The molecule has 5 aromatic carbocycles. The maximum atomic E-state index is 14.3. The van der Waals surface area contributed by atoms with E-state index in [0.29, 0.717) is 27.0 Å². The second-order valence-electron chi connectivity index (χ2n) is 13.1. The minimum atomic E-state index is -0.794. The molecular weight excluding hydrogens is 717 g/mol. The van der Waals surface area contributed by atoms with Crippen LogP contribution in [0.15, 0.2) is 115 Å². The molecule has 0 spiro atoms. The molecule has 5 aromatic rings. The number of halogens is 3. The number of hydrogen-bond acceptors (Lipinski definition) is 5. The Morgan fingerprint density at radius 1 is 0.731 bits per heavy atom. The van der Waals surface area contributed by atoms with E-state index in [1.807, 2.05) is 48.5 Å². The van der Waals surface area contributed by atoms with Gasteiger partial charge in [-0.25, -0.2) is 9.69 Å². The average molecular weight is 749 g/mol. The highest BCUT2D eigenvalue weighted by molar-refractivity contribution is 6.39. The largest absolute Gasteiger partial charge is 0.487 e. The van der Waals surface area contributed by atoms with E-state index in [2.05, 4.69) is 34.5 Å². The van der Waals surface area contributed by atoms with Crippen LogP contribution in [0.4, 0.5) is 16.2 Å². The number of ether oxygens (including phenoxy) is 1. The summed E-state index contributed by atoms with van der Waals surface area (Å²) < 4.78 is 5.90. The van der Waals surface area contributed by atoms with Gasteiger partial charge in [0.15, 0.2) is 0 Å². The van der Waals surface area contributed by atoms with Crippen molar-refractivity contribution in [1.82, 2.24) is 5.32 Å². The molecule has 1 N–H and O–H groups in total. The maximum Gasteiger partial charge on any atom is 0.335 e. The Bertz CT molecular complexity index is 2190. The van der Waals surface area contributed by atoms with Gasteiger partial charge in [-0.3, -0.25) is 14.9 Å². The van der Waals surface area contributed by atoms with Crippen LogP contribution in [0.1, 0.15) is 58.1 Å². The SMILES string of the molecule is O=C1NC(=O)N(c2cc3c4c(c2)[C@H](c2ccccc2)CCN4CC[C@@H]3c2ccccc2)C(=O)/C1=C/c1ccc(OCc2ccc(Cl)cc2Cl)c(Cl)c1. The third-order valence-corrected chi connectivity index (χ3v) is 10.9. The van der Waals surface area contributed by atoms with E-state index in [9.17, 15) is 14.4 Å². The molecule has 3 heterocycles. The molecule has 0 radical (unpaired) electrons. The number of carbonyl (C=O) groups is 3. The molecule has 3 aliphatic heterocycles. The highest BCUT2D eigenvalue weighted by Crippen LogP contribution is 2.50. The summed E-state index contributed by atoms with van der Waals surface area (Å²) in [6, 6.07) is 33.9. The number of nitrogens with zero attached hydrogens (tertiary/aromatic N) is 2. The van der Waals surface area contributed by atoms with Gasteiger partial charge < -0.3 is 9.64 Å². The molecule has 4 amide bonds. The number of barbiturate groups is 1. The number of benzene rings is 5. The summed E-state index contributed by atoms with van der Waals surface area (Å²) >= 11 is 18.9. The molecule has 0 aliphatic carbocycles. The lowest BCUT2D eigenvalue weighted by molar-refractivity contribution is -0.122. The van der Waals surface area contributed by atoms with Crippen molar-refractivity contribution < 1.29 is 19.1 Å². The lowest BCUT2D eigenvalue weighted by Gasteiger charge is -2.44. The first-order valence-corrected chi connectivity index (χ1v) is 18.2. The molecule has 52 heavy (non-hydrogen) atoms. The Balaban J connectivity index is 1.16. The molecule has 0 unspecified atom stereocenters. The van der Waals surface area contributed by atoms with Gasteiger partial charge in [0.2, 0.25) is 0 Å². The van der Waals surface area contributed by atoms with Gasteiger partial charge in [-0.1, -0.05) is 108 Å². The molecule has 7 nitrogen and oxygen atoms in total. The Labute approximate surface area is 316 Å². The normalized spacial score (nSPS) is 19.1. The van der Waals surface area contributed by atoms with Crippen LogP contribution in [0.25, 0.3) is 6.08 Å². The zero-order chi connectivity index (χ0) is 35.9. The fraction of sp³-hybridized carbons (Fsp3) is 0.167. The van der Waals surface area contributed by atoms with Crippen LogP contribution in [0, 0.1) is 0 Å². The summed E-state index contributed by atoms with van der Waals surface area (Å²) in [4.78, 5) is 44.6. The van der Waals surface area contributed by atoms with Gasteiger partial charge in [-0.15, -0.1) is 0 Å². The minimum absolute atomic E-state index is 0.0684. The number of carbonyl (C=O) groups excluding carboxylic acids is 3. The van der Waals surface area contributed by atoms with Crippen LogP contribution in [0.3, 0.4) is 0 Å². The van der Waals surface area contributed by atoms with E-state index in [-0.39, 0.29) is 29.0 Å². The van der Waals surface area contributed by atoms with Crippen LogP contribution >= 0.6 is 34.8 Å². The third-order valence-electron chi connectivity index (χ3n) is 10.0. The number of amides is 4. The van der Waals surface area contributed by atoms with Crippen molar-refractivity contribution in [2.24, 2.45) is 0 Å². The van der Waals surface area contributed by atoms with Gasteiger partial charge in [0.25, 0.3) is 11.8 Å². The fourth-order valence-electron chi connectivity index (χ4n) is 7.55. The number of urea groups is 1. The van der Waals surface area contributed by atoms with E-state index in [0.717, 1.165) is 53.2 Å². The predicted octanol–water partition coefficient (Wildman–Crippen LogP) is 9.77. The highest BCUT2D eigenvalue weighted by Gasteiger charge is 2.40. The van der Waals surface area contributed by atoms with Crippen LogP contribution in [0.5, 0.6) is 5.75 Å². The first kappa shape index (κ1) is 34.0. The molecule has 1 fully saturated rings. The van der Waals surface area contributed by atoms with Crippen LogP contribution in [-0.4, -0.2) is 30.9 Å². The summed E-state index contributed by atoms with van der Waals surface area (Å²) in [5.74, 6) is -0.970. The van der Waals surface area contributed by atoms with Crippen molar-refractivity contribution in [2.45, 2.75) is 31.3 Å². The number of anilines is 2. The van der Waals surface area contributed by atoms with E-state index < -0.39 is 17.8 Å². The lowest BCUT2D eigenvalue weighted by atomic mass is 9.76. The molecule has 2 atom stereocenters. The number of rotatable bonds is 7. The summed E-state index contributed by atoms with van der Waals surface area (Å²) in [5, 5.41) is 3.66. The molecular formula is C42H32Cl3N3O4. The molecule has 8 rings (SSSR count).